The van der Waals surface area contributed by atoms with Crippen LogP contribution in [-0.2, 0) is 0 Å². The summed E-state index contributed by atoms with van der Waals surface area (Å²) in [5.41, 5.74) is 0.569. The predicted octanol–water partition coefficient (Wildman–Crippen LogP) is 6.60. The number of hydrogen-bond donors (Lipinski definition) is 0. The predicted molar refractivity (Wildman–Crippen MR) is 73.7 cm³/mol. The van der Waals surface area contributed by atoms with E-state index in [1.807, 2.05) is 20.8 Å². The van der Waals surface area contributed by atoms with Crippen LogP contribution in [0.4, 0.5) is 13.2 Å². The molecule has 0 atom stereocenters. The third-order valence-electron chi connectivity index (χ3n) is 2.39. The van der Waals surface area contributed by atoms with Gasteiger partial charge in [-0.1, -0.05) is 54.9 Å². The van der Waals surface area contributed by atoms with Crippen molar-refractivity contribution < 1.29 is 13.2 Å². The smallest absolute Gasteiger partial charge is 0.171 e. The van der Waals surface area contributed by atoms with Gasteiger partial charge in [0.2, 0.25) is 0 Å². The Hall–Kier alpha value is -0.210. The largest absolute Gasteiger partial charge is 0.389 e. The van der Waals surface area contributed by atoms with Crippen molar-refractivity contribution in [3.05, 3.63) is 0 Å². The number of hydrogen-bond acceptors (Lipinski definition) is 0. The molecule has 0 amide bonds. The van der Waals surface area contributed by atoms with Gasteiger partial charge in [-0.05, 0) is 30.1 Å². The molecule has 112 valence electrons. The van der Waals surface area contributed by atoms with Gasteiger partial charge in [0.25, 0.3) is 0 Å². The highest BCUT2D eigenvalue weighted by molar-refractivity contribution is 4.62. The second kappa shape index (κ2) is 8.06. The first-order valence-corrected chi connectivity index (χ1v) is 6.83. The van der Waals surface area contributed by atoms with Gasteiger partial charge in [-0.15, -0.1) is 0 Å². The summed E-state index contributed by atoms with van der Waals surface area (Å²) in [7, 11) is 0. The number of halogens is 3. The molecule has 0 radical (unpaired) electrons. The van der Waals surface area contributed by atoms with E-state index in [-0.39, 0.29) is 11.8 Å². The van der Waals surface area contributed by atoms with Crippen LogP contribution in [0, 0.1) is 10.8 Å². The monoisotopic (exact) mass is 268 g/mol. The summed E-state index contributed by atoms with van der Waals surface area (Å²) in [5, 5.41) is 0. The molecule has 3 heteroatoms. The molecular formula is C15H31F3. The molecule has 0 heterocycles. The molecular weight excluding hydrogens is 237 g/mol. The average molecular weight is 268 g/mol. The minimum absolute atomic E-state index is 0.0191. The zero-order valence-electron chi connectivity index (χ0n) is 13.2. The fraction of sp³-hybridized carbons (Fsp3) is 1.00. The van der Waals surface area contributed by atoms with Crippen molar-refractivity contribution >= 4 is 0 Å². The molecule has 0 fully saturated rings. The Labute approximate surface area is 111 Å². The fourth-order valence-corrected chi connectivity index (χ4v) is 1.57. The summed E-state index contributed by atoms with van der Waals surface area (Å²) in [6.45, 7) is 14.9. The molecule has 0 aliphatic rings. The van der Waals surface area contributed by atoms with Crippen LogP contribution in [-0.4, -0.2) is 6.18 Å². The van der Waals surface area contributed by atoms with Gasteiger partial charge < -0.3 is 0 Å². The van der Waals surface area contributed by atoms with Crippen LogP contribution in [0.15, 0.2) is 0 Å². The first kappa shape index (κ1) is 20.1. The van der Waals surface area contributed by atoms with Gasteiger partial charge in [0, 0.05) is 6.42 Å². The lowest BCUT2D eigenvalue weighted by atomic mass is 9.90. The number of alkyl halides is 3. The molecule has 0 saturated carbocycles. The van der Waals surface area contributed by atoms with Gasteiger partial charge in [0.15, 0.2) is 0 Å². The summed E-state index contributed by atoms with van der Waals surface area (Å²) in [5.74, 6) is 0. The molecule has 0 saturated heterocycles. The van der Waals surface area contributed by atoms with E-state index in [1.165, 1.54) is 12.8 Å². The Balaban J connectivity index is 0. The molecule has 0 bridgehead atoms. The lowest BCUT2D eigenvalue weighted by molar-refractivity contribution is -0.136. The van der Waals surface area contributed by atoms with E-state index in [0.717, 1.165) is 0 Å². The topological polar surface area (TPSA) is 0 Å². The van der Waals surface area contributed by atoms with Crippen molar-refractivity contribution in [2.75, 3.05) is 0 Å². The van der Waals surface area contributed by atoms with Gasteiger partial charge in [-0.3, -0.25) is 0 Å². The standard InChI is InChI=1S/C8H15F3.C7H16/c1-7(2,3)5-4-6-8(9,10)11;1-5-6-7(2,3)4/h4-6H2,1-3H3;5-6H2,1-4H3. The summed E-state index contributed by atoms with van der Waals surface area (Å²) in [4.78, 5) is 0. The summed E-state index contributed by atoms with van der Waals surface area (Å²) >= 11 is 0. The van der Waals surface area contributed by atoms with Crippen LogP contribution in [0.1, 0.15) is 80.6 Å². The molecule has 0 rings (SSSR count). The van der Waals surface area contributed by atoms with Gasteiger partial charge in [0.05, 0.1) is 0 Å². The molecule has 0 aromatic rings. The first-order valence-electron chi connectivity index (χ1n) is 6.83. The Morgan fingerprint density at radius 2 is 1.06 bits per heavy atom. The third-order valence-corrected chi connectivity index (χ3v) is 2.39. The van der Waals surface area contributed by atoms with E-state index in [2.05, 4.69) is 27.7 Å². The van der Waals surface area contributed by atoms with Crippen molar-refractivity contribution in [1.29, 1.82) is 0 Å². The summed E-state index contributed by atoms with van der Waals surface area (Å²) < 4.78 is 34.9. The molecule has 18 heavy (non-hydrogen) atoms. The van der Waals surface area contributed by atoms with Gasteiger partial charge in [-0.2, -0.15) is 13.2 Å². The Bertz CT molecular complexity index is 177. The Morgan fingerprint density at radius 3 is 1.22 bits per heavy atom. The minimum Gasteiger partial charge on any atom is -0.171 e. The second-order valence-corrected chi connectivity index (χ2v) is 7.34. The van der Waals surface area contributed by atoms with Gasteiger partial charge in [0.1, 0.15) is 0 Å². The minimum atomic E-state index is -3.98. The van der Waals surface area contributed by atoms with Crippen LogP contribution in [0.3, 0.4) is 0 Å². The highest BCUT2D eigenvalue weighted by Gasteiger charge is 2.27. The second-order valence-electron chi connectivity index (χ2n) is 7.34. The number of rotatable bonds is 3. The average Bonchev–Trinajstić information content (AvgIpc) is 1.96. The van der Waals surface area contributed by atoms with Crippen molar-refractivity contribution in [1.82, 2.24) is 0 Å². The van der Waals surface area contributed by atoms with Crippen molar-refractivity contribution in [2.24, 2.45) is 10.8 Å². The maximum Gasteiger partial charge on any atom is 0.389 e. The van der Waals surface area contributed by atoms with Crippen molar-refractivity contribution in [2.45, 2.75) is 86.7 Å². The maximum atomic E-state index is 11.6. The van der Waals surface area contributed by atoms with E-state index < -0.39 is 12.6 Å². The lowest BCUT2D eigenvalue weighted by Crippen LogP contribution is -2.10. The molecule has 0 nitrogen and oxygen atoms in total. The molecule has 0 aliphatic heterocycles. The fourth-order valence-electron chi connectivity index (χ4n) is 1.57. The zero-order valence-corrected chi connectivity index (χ0v) is 13.2. The molecule has 0 aliphatic carbocycles. The molecule has 0 aromatic heterocycles. The third kappa shape index (κ3) is 24.8. The summed E-state index contributed by atoms with van der Waals surface area (Å²) in [6, 6.07) is 0. The van der Waals surface area contributed by atoms with E-state index in [9.17, 15) is 13.2 Å². The van der Waals surface area contributed by atoms with Crippen LogP contribution in [0.5, 0.6) is 0 Å². The summed E-state index contributed by atoms with van der Waals surface area (Å²) in [6.07, 6.45) is -1.11. The lowest BCUT2D eigenvalue weighted by Gasteiger charge is -2.17. The highest BCUT2D eigenvalue weighted by Crippen LogP contribution is 2.27. The maximum absolute atomic E-state index is 11.6. The highest BCUT2D eigenvalue weighted by atomic mass is 19.4. The van der Waals surface area contributed by atoms with Crippen molar-refractivity contribution in [3.8, 4) is 0 Å². The molecule has 0 aromatic carbocycles. The van der Waals surface area contributed by atoms with E-state index in [0.29, 0.717) is 11.8 Å². The van der Waals surface area contributed by atoms with Crippen LogP contribution in [0.2, 0.25) is 0 Å². The molecule has 0 spiro atoms. The van der Waals surface area contributed by atoms with Gasteiger partial charge in [-0.25, -0.2) is 0 Å². The van der Waals surface area contributed by atoms with Crippen LogP contribution >= 0.6 is 0 Å². The van der Waals surface area contributed by atoms with Crippen molar-refractivity contribution in [3.63, 3.8) is 0 Å². The Kier molecular flexibility index (Phi) is 9.01. The normalized spacial score (nSPS) is 13.0. The van der Waals surface area contributed by atoms with Crippen LogP contribution in [0.25, 0.3) is 0 Å². The SMILES string of the molecule is CC(C)(C)CCCC(F)(F)F.CCCC(C)(C)C. The van der Waals surface area contributed by atoms with Crippen LogP contribution < -0.4 is 0 Å². The Morgan fingerprint density at radius 1 is 0.667 bits per heavy atom. The van der Waals surface area contributed by atoms with E-state index >= 15 is 0 Å². The zero-order chi connectivity index (χ0) is 15.0. The quantitative estimate of drug-likeness (QED) is 0.541. The van der Waals surface area contributed by atoms with Gasteiger partial charge >= 0.3 is 6.18 Å². The van der Waals surface area contributed by atoms with E-state index in [4.69, 9.17) is 0 Å². The molecule has 0 unspecified atom stereocenters. The first-order chi connectivity index (χ1) is 7.77. The van der Waals surface area contributed by atoms with E-state index in [1.54, 1.807) is 0 Å². The molecule has 0 N–H and O–H groups in total.